The molecule has 1 atom stereocenters. The molecule has 1 aliphatic heterocycles. The Morgan fingerprint density at radius 2 is 2.24 bits per heavy atom. The highest BCUT2D eigenvalue weighted by Gasteiger charge is 2.23. The van der Waals surface area contributed by atoms with Gasteiger partial charge in [-0.15, -0.1) is 0 Å². The molecule has 0 aliphatic carbocycles. The molecular weight excluding hydrogens is 304 g/mol. The number of carbonyl (C=O) groups excluding carboxylic acids is 1. The van der Waals surface area contributed by atoms with Crippen molar-refractivity contribution >= 4 is 44.8 Å². The number of rotatable bonds is 1. The topological polar surface area (TPSA) is 41.1 Å². The van der Waals surface area contributed by atoms with Gasteiger partial charge in [0.05, 0.1) is 11.4 Å². The zero-order chi connectivity index (χ0) is 12.6. The highest BCUT2D eigenvalue weighted by Crippen LogP contribution is 2.40. The average molecular weight is 318 g/mol. The number of halogens is 2. The maximum atomic E-state index is 11.7. The van der Waals surface area contributed by atoms with Crippen LogP contribution in [0.4, 0.5) is 11.4 Å². The lowest BCUT2D eigenvalue weighted by Gasteiger charge is -2.17. The van der Waals surface area contributed by atoms with E-state index in [0.29, 0.717) is 11.4 Å². The number of nitrogens with one attached hydrogen (secondary N) is 2. The normalized spacial score (nSPS) is 19.1. The molecule has 1 aromatic carbocycles. The molecule has 2 N–H and O–H groups in total. The van der Waals surface area contributed by atoms with E-state index in [-0.39, 0.29) is 11.9 Å². The van der Waals surface area contributed by atoms with Crippen LogP contribution in [0.2, 0.25) is 5.02 Å². The molecule has 1 aromatic rings. The van der Waals surface area contributed by atoms with Crippen molar-refractivity contribution in [3.05, 3.63) is 21.1 Å². The van der Waals surface area contributed by atoms with E-state index in [0.717, 1.165) is 27.8 Å². The van der Waals surface area contributed by atoms with E-state index in [1.807, 2.05) is 19.9 Å². The van der Waals surface area contributed by atoms with Crippen LogP contribution in [0, 0.1) is 0 Å². The van der Waals surface area contributed by atoms with Crippen LogP contribution in [-0.2, 0) is 11.2 Å². The Morgan fingerprint density at radius 3 is 2.88 bits per heavy atom. The minimum absolute atomic E-state index is 0.0209. The number of anilines is 2. The summed E-state index contributed by atoms with van der Waals surface area (Å²) in [6.07, 6.45) is 1.24. The quantitative estimate of drug-likeness (QED) is 0.827. The van der Waals surface area contributed by atoms with E-state index in [4.69, 9.17) is 11.6 Å². The summed E-state index contributed by atoms with van der Waals surface area (Å²) in [7, 11) is 0. The van der Waals surface area contributed by atoms with Crippen molar-refractivity contribution < 1.29 is 4.79 Å². The molecule has 0 fully saturated rings. The van der Waals surface area contributed by atoms with E-state index in [1.165, 1.54) is 0 Å². The molecule has 1 amide bonds. The molecule has 0 saturated carbocycles. The maximum absolute atomic E-state index is 11.7. The maximum Gasteiger partial charge on any atom is 0.226 e. The Balaban J connectivity index is 2.62. The van der Waals surface area contributed by atoms with Gasteiger partial charge in [-0.1, -0.05) is 18.5 Å². The number of fused-ring (bicyclic) bond motifs is 1. The summed E-state index contributed by atoms with van der Waals surface area (Å²) in [6, 6.07) is 1.98. The van der Waals surface area contributed by atoms with Gasteiger partial charge in [0.2, 0.25) is 5.91 Å². The smallest absolute Gasteiger partial charge is 0.226 e. The summed E-state index contributed by atoms with van der Waals surface area (Å²) in [5.74, 6) is 0.0209. The highest BCUT2D eigenvalue weighted by molar-refractivity contribution is 9.10. The Kier molecular flexibility index (Phi) is 3.64. The first-order chi connectivity index (χ1) is 8.02. The first kappa shape index (κ1) is 12.7. The molecule has 0 unspecified atom stereocenters. The largest absolute Gasteiger partial charge is 0.379 e. The molecule has 92 valence electrons. The van der Waals surface area contributed by atoms with E-state index in [1.54, 1.807) is 0 Å². The minimum atomic E-state index is 0.0209. The fourth-order valence-electron chi connectivity index (χ4n) is 2.05. The molecule has 0 spiro atoms. The van der Waals surface area contributed by atoms with Gasteiger partial charge in [-0.3, -0.25) is 4.79 Å². The number of amides is 1. The predicted octanol–water partition coefficient (Wildman–Crippen LogP) is 3.81. The zero-order valence-electron chi connectivity index (χ0n) is 9.73. The molecule has 17 heavy (non-hydrogen) atoms. The Labute approximate surface area is 114 Å². The van der Waals surface area contributed by atoms with Crippen LogP contribution in [-0.4, -0.2) is 11.9 Å². The molecule has 1 heterocycles. The van der Waals surface area contributed by atoms with Crippen molar-refractivity contribution in [2.75, 3.05) is 10.6 Å². The van der Waals surface area contributed by atoms with Gasteiger partial charge in [0.25, 0.3) is 0 Å². The number of carbonyl (C=O) groups is 1. The average Bonchev–Trinajstić information content (AvgIpc) is 2.37. The summed E-state index contributed by atoms with van der Waals surface area (Å²) in [5, 5.41) is 6.95. The van der Waals surface area contributed by atoms with Gasteiger partial charge in [0.1, 0.15) is 0 Å². The molecule has 0 saturated heterocycles. The Bertz CT molecular complexity index is 476. The van der Waals surface area contributed by atoms with Crippen LogP contribution >= 0.6 is 27.5 Å². The fourth-order valence-corrected chi connectivity index (χ4v) is 3.06. The minimum Gasteiger partial charge on any atom is -0.379 e. The molecule has 5 heteroatoms. The zero-order valence-corrected chi connectivity index (χ0v) is 12.1. The third-order valence-corrected chi connectivity index (χ3v) is 3.80. The lowest BCUT2D eigenvalue weighted by Crippen LogP contribution is -2.19. The van der Waals surface area contributed by atoms with Crippen LogP contribution < -0.4 is 10.6 Å². The summed E-state index contributed by atoms with van der Waals surface area (Å²) in [6.45, 7) is 4.01. The van der Waals surface area contributed by atoms with Gasteiger partial charge < -0.3 is 10.6 Å². The molecule has 1 aliphatic rings. The van der Waals surface area contributed by atoms with Gasteiger partial charge in [0, 0.05) is 22.0 Å². The molecular formula is C12H14BrClN2O. The summed E-state index contributed by atoms with van der Waals surface area (Å²) in [4.78, 5) is 11.7. The number of benzene rings is 1. The molecule has 3 nitrogen and oxygen atoms in total. The van der Waals surface area contributed by atoms with Crippen LogP contribution in [0.1, 0.15) is 25.8 Å². The van der Waals surface area contributed by atoms with Gasteiger partial charge in [-0.2, -0.15) is 0 Å². The first-order valence-electron chi connectivity index (χ1n) is 5.60. The van der Waals surface area contributed by atoms with Crippen molar-refractivity contribution in [2.24, 2.45) is 0 Å². The van der Waals surface area contributed by atoms with Gasteiger partial charge >= 0.3 is 0 Å². The van der Waals surface area contributed by atoms with Crippen molar-refractivity contribution in [2.45, 2.75) is 32.7 Å². The van der Waals surface area contributed by atoms with Gasteiger partial charge in [-0.05, 0) is 40.9 Å². The fraction of sp³-hybridized carbons (Fsp3) is 0.417. The van der Waals surface area contributed by atoms with Crippen LogP contribution in [0.25, 0.3) is 0 Å². The van der Waals surface area contributed by atoms with Gasteiger partial charge in [-0.25, -0.2) is 0 Å². The molecule has 0 radical (unpaired) electrons. The lowest BCUT2D eigenvalue weighted by molar-refractivity contribution is -0.116. The lowest BCUT2D eigenvalue weighted by atomic mass is 10.1. The SMILES string of the molecule is CCc1c(Cl)cc(Br)c2c1NC(=O)C[C@@H](C)N2. The van der Waals surface area contributed by atoms with Gasteiger partial charge in [0.15, 0.2) is 0 Å². The molecule has 2 rings (SSSR count). The Hall–Kier alpha value is -0.740. The van der Waals surface area contributed by atoms with Crippen LogP contribution in [0.15, 0.2) is 10.5 Å². The monoisotopic (exact) mass is 316 g/mol. The van der Waals surface area contributed by atoms with Crippen molar-refractivity contribution in [3.8, 4) is 0 Å². The second kappa shape index (κ2) is 4.86. The van der Waals surface area contributed by atoms with E-state index < -0.39 is 0 Å². The van der Waals surface area contributed by atoms with E-state index in [9.17, 15) is 4.79 Å². The van der Waals surface area contributed by atoms with Crippen molar-refractivity contribution in [1.29, 1.82) is 0 Å². The number of hydrogen-bond acceptors (Lipinski definition) is 2. The standard InChI is InChI=1S/C12H14BrClN2O/c1-3-7-9(14)5-8(13)12-11(7)16-10(17)4-6(2)15-12/h5-6,15H,3-4H2,1-2H3,(H,16,17)/t6-/m1/s1. The van der Waals surface area contributed by atoms with Crippen molar-refractivity contribution in [1.82, 2.24) is 0 Å². The summed E-state index contributed by atoms with van der Waals surface area (Å²) in [5.41, 5.74) is 2.70. The van der Waals surface area contributed by atoms with Crippen LogP contribution in [0.5, 0.6) is 0 Å². The summed E-state index contributed by atoms with van der Waals surface area (Å²) < 4.78 is 0.878. The third-order valence-electron chi connectivity index (χ3n) is 2.83. The first-order valence-corrected chi connectivity index (χ1v) is 6.77. The Morgan fingerprint density at radius 1 is 1.53 bits per heavy atom. The second-order valence-corrected chi connectivity index (χ2v) is 5.48. The van der Waals surface area contributed by atoms with E-state index in [2.05, 4.69) is 26.6 Å². The van der Waals surface area contributed by atoms with E-state index >= 15 is 0 Å². The third kappa shape index (κ3) is 2.43. The summed E-state index contributed by atoms with van der Waals surface area (Å²) >= 11 is 9.67. The molecule has 0 bridgehead atoms. The van der Waals surface area contributed by atoms with Crippen molar-refractivity contribution in [3.63, 3.8) is 0 Å². The number of hydrogen-bond donors (Lipinski definition) is 2. The predicted molar refractivity (Wildman–Crippen MR) is 74.9 cm³/mol. The van der Waals surface area contributed by atoms with Crippen LogP contribution in [0.3, 0.4) is 0 Å². The highest BCUT2D eigenvalue weighted by atomic mass is 79.9. The molecule has 0 aromatic heterocycles. The second-order valence-electron chi connectivity index (χ2n) is 4.22.